The molecule has 2 heteroatoms. The first-order valence-corrected chi connectivity index (χ1v) is 4.07. The number of alkyl halides is 1. The molecule has 1 nitrogen and oxygen atoms in total. The van der Waals surface area contributed by atoms with Crippen LogP contribution < -0.4 is 5.32 Å². The van der Waals surface area contributed by atoms with Gasteiger partial charge in [-0.05, 0) is 13.0 Å². The molecule has 1 N–H and O–H groups in total. The summed E-state index contributed by atoms with van der Waals surface area (Å²) in [5, 5.41) is 3.25. The lowest BCUT2D eigenvalue weighted by Crippen LogP contribution is -2.21. The Labute approximate surface area is 60.0 Å². The van der Waals surface area contributed by atoms with Crippen LogP contribution in [0.1, 0.15) is 20.3 Å². The first-order valence-electron chi connectivity index (χ1n) is 3.16. The van der Waals surface area contributed by atoms with E-state index in [0.29, 0.717) is 4.83 Å². The molecule has 0 rings (SSSR count). The summed E-state index contributed by atoms with van der Waals surface area (Å²) in [7, 11) is 0. The predicted molar refractivity (Wildman–Crippen MR) is 41.5 cm³/mol. The highest BCUT2D eigenvalue weighted by Crippen LogP contribution is 2.00. The minimum Gasteiger partial charge on any atom is -0.316 e. The SMILES string of the molecule is CCNC[C@@H](Br)CC. The van der Waals surface area contributed by atoms with Gasteiger partial charge in [0.25, 0.3) is 0 Å². The summed E-state index contributed by atoms with van der Waals surface area (Å²) in [6, 6.07) is 0. The summed E-state index contributed by atoms with van der Waals surface area (Å²) in [6.07, 6.45) is 1.20. The average Bonchev–Trinajstić information content (AvgIpc) is 1.83. The monoisotopic (exact) mass is 179 g/mol. The molecular formula is C6H14BrN. The molecule has 0 aliphatic heterocycles. The van der Waals surface area contributed by atoms with Gasteiger partial charge in [-0.1, -0.05) is 29.8 Å². The second-order valence-electron chi connectivity index (χ2n) is 1.81. The Balaban J connectivity index is 2.86. The maximum atomic E-state index is 3.52. The Hall–Kier alpha value is 0.440. The van der Waals surface area contributed by atoms with Gasteiger partial charge >= 0.3 is 0 Å². The summed E-state index contributed by atoms with van der Waals surface area (Å²) in [5.41, 5.74) is 0. The van der Waals surface area contributed by atoms with Crippen LogP contribution in [0.5, 0.6) is 0 Å². The lowest BCUT2D eigenvalue weighted by Gasteiger charge is -2.04. The Morgan fingerprint density at radius 3 is 2.50 bits per heavy atom. The molecule has 0 aromatic rings. The second-order valence-corrected chi connectivity index (χ2v) is 3.11. The number of hydrogen-bond donors (Lipinski definition) is 1. The summed E-state index contributed by atoms with van der Waals surface area (Å²) < 4.78 is 0. The summed E-state index contributed by atoms with van der Waals surface area (Å²) in [5.74, 6) is 0. The first kappa shape index (κ1) is 8.44. The largest absolute Gasteiger partial charge is 0.316 e. The molecule has 0 heterocycles. The van der Waals surface area contributed by atoms with Gasteiger partial charge in [-0.15, -0.1) is 0 Å². The third kappa shape index (κ3) is 4.60. The molecule has 0 amide bonds. The highest BCUT2D eigenvalue weighted by molar-refractivity contribution is 9.09. The molecule has 0 radical (unpaired) electrons. The van der Waals surface area contributed by atoms with Crippen LogP contribution in [0.15, 0.2) is 0 Å². The van der Waals surface area contributed by atoms with E-state index in [0.717, 1.165) is 13.1 Å². The van der Waals surface area contributed by atoms with Crippen LogP contribution in [-0.2, 0) is 0 Å². The zero-order valence-electron chi connectivity index (χ0n) is 5.58. The van der Waals surface area contributed by atoms with Gasteiger partial charge in [-0.2, -0.15) is 0 Å². The fourth-order valence-electron chi connectivity index (χ4n) is 0.445. The molecular weight excluding hydrogens is 166 g/mol. The van der Waals surface area contributed by atoms with Crippen LogP contribution in [0.3, 0.4) is 0 Å². The van der Waals surface area contributed by atoms with Crippen molar-refractivity contribution in [2.75, 3.05) is 13.1 Å². The van der Waals surface area contributed by atoms with Crippen LogP contribution in [0.25, 0.3) is 0 Å². The molecule has 0 aliphatic rings. The topological polar surface area (TPSA) is 12.0 Å². The van der Waals surface area contributed by atoms with Crippen molar-refractivity contribution in [3.05, 3.63) is 0 Å². The molecule has 0 aromatic heterocycles. The molecule has 0 saturated carbocycles. The van der Waals surface area contributed by atoms with Crippen molar-refractivity contribution in [3.8, 4) is 0 Å². The van der Waals surface area contributed by atoms with Gasteiger partial charge in [-0.3, -0.25) is 0 Å². The van der Waals surface area contributed by atoms with Crippen molar-refractivity contribution in [1.29, 1.82) is 0 Å². The normalized spacial score (nSPS) is 13.9. The molecule has 1 atom stereocenters. The summed E-state index contributed by atoms with van der Waals surface area (Å²) in [4.78, 5) is 0.655. The molecule has 0 aromatic carbocycles. The van der Waals surface area contributed by atoms with Gasteiger partial charge in [-0.25, -0.2) is 0 Å². The van der Waals surface area contributed by atoms with Crippen molar-refractivity contribution in [3.63, 3.8) is 0 Å². The number of nitrogens with one attached hydrogen (secondary N) is 1. The van der Waals surface area contributed by atoms with Crippen LogP contribution in [-0.4, -0.2) is 17.9 Å². The van der Waals surface area contributed by atoms with Crippen molar-refractivity contribution in [1.82, 2.24) is 5.32 Å². The fraction of sp³-hybridized carbons (Fsp3) is 1.00. The molecule has 8 heavy (non-hydrogen) atoms. The van der Waals surface area contributed by atoms with Crippen LogP contribution in [0.2, 0.25) is 0 Å². The van der Waals surface area contributed by atoms with E-state index in [1.54, 1.807) is 0 Å². The molecule has 0 aliphatic carbocycles. The van der Waals surface area contributed by atoms with E-state index in [2.05, 4.69) is 35.1 Å². The number of rotatable bonds is 4. The second kappa shape index (κ2) is 5.57. The Kier molecular flexibility index (Phi) is 5.88. The summed E-state index contributed by atoms with van der Waals surface area (Å²) >= 11 is 3.52. The standard InChI is InChI=1S/C6H14BrN/c1-3-6(7)5-8-4-2/h6,8H,3-5H2,1-2H3/t6-/m0/s1. The minimum absolute atomic E-state index is 0.655. The highest BCUT2D eigenvalue weighted by Gasteiger charge is 1.95. The smallest absolute Gasteiger partial charge is 0.0268 e. The van der Waals surface area contributed by atoms with E-state index in [1.165, 1.54) is 6.42 Å². The van der Waals surface area contributed by atoms with E-state index in [9.17, 15) is 0 Å². The zero-order chi connectivity index (χ0) is 6.41. The van der Waals surface area contributed by atoms with Gasteiger partial charge in [0.05, 0.1) is 0 Å². The van der Waals surface area contributed by atoms with E-state index in [1.807, 2.05) is 0 Å². The van der Waals surface area contributed by atoms with Crippen molar-refractivity contribution in [2.45, 2.75) is 25.1 Å². The molecule has 0 fully saturated rings. The van der Waals surface area contributed by atoms with Gasteiger partial charge in [0.15, 0.2) is 0 Å². The van der Waals surface area contributed by atoms with Crippen LogP contribution in [0.4, 0.5) is 0 Å². The van der Waals surface area contributed by atoms with Crippen molar-refractivity contribution in [2.24, 2.45) is 0 Å². The van der Waals surface area contributed by atoms with Gasteiger partial charge < -0.3 is 5.32 Å². The van der Waals surface area contributed by atoms with Gasteiger partial charge in [0.1, 0.15) is 0 Å². The highest BCUT2D eigenvalue weighted by atomic mass is 79.9. The maximum Gasteiger partial charge on any atom is 0.0268 e. The van der Waals surface area contributed by atoms with Crippen LogP contribution >= 0.6 is 15.9 Å². The zero-order valence-corrected chi connectivity index (χ0v) is 7.16. The molecule has 0 bridgehead atoms. The average molecular weight is 180 g/mol. The number of hydrogen-bond acceptors (Lipinski definition) is 1. The quantitative estimate of drug-likeness (QED) is 0.650. The van der Waals surface area contributed by atoms with E-state index in [-0.39, 0.29) is 0 Å². The Morgan fingerprint density at radius 2 is 2.12 bits per heavy atom. The van der Waals surface area contributed by atoms with Crippen molar-refractivity contribution < 1.29 is 0 Å². The third-order valence-corrected chi connectivity index (χ3v) is 2.03. The first-order chi connectivity index (χ1) is 3.81. The molecule has 0 saturated heterocycles. The molecule has 50 valence electrons. The molecule has 0 unspecified atom stereocenters. The van der Waals surface area contributed by atoms with Crippen LogP contribution in [0, 0.1) is 0 Å². The third-order valence-electron chi connectivity index (χ3n) is 1.06. The van der Waals surface area contributed by atoms with E-state index < -0.39 is 0 Å². The van der Waals surface area contributed by atoms with Gasteiger partial charge in [0.2, 0.25) is 0 Å². The molecule has 0 spiro atoms. The van der Waals surface area contributed by atoms with Crippen molar-refractivity contribution >= 4 is 15.9 Å². The Bertz CT molecular complexity index is 47.8. The van der Waals surface area contributed by atoms with E-state index in [4.69, 9.17) is 0 Å². The lowest BCUT2D eigenvalue weighted by molar-refractivity contribution is 0.682. The Morgan fingerprint density at radius 1 is 1.50 bits per heavy atom. The number of halogens is 1. The fourth-order valence-corrected chi connectivity index (χ4v) is 0.674. The van der Waals surface area contributed by atoms with E-state index >= 15 is 0 Å². The predicted octanol–water partition coefficient (Wildman–Crippen LogP) is 1.77. The minimum atomic E-state index is 0.655. The van der Waals surface area contributed by atoms with Gasteiger partial charge in [0, 0.05) is 11.4 Å². The lowest BCUT2D eigenvalue weighted by atomic mass is 10.3. The maximum absolute atomic E-state index is 3.52. The summed E-state index contributed by atoms with van der Waals surface area (Å²) in [6.45, 7) is 6.46.